The van der Waals surface area contributed by atoms with E-state index in [1.807, 2.05) is 0 Å². The second-order valence-electron chi connectivity index (χ2n) is 3.93. The molecule has 78 valence electrons. The van der Waals surface area contributed by atoms with Crippen molar-refractivity contribution in [2.75, 3.05) is 7.11 Å². The Morgan fingerprint density at radius 3 is 2.86 bits per heavy atom. The predicted molar refractivity (Wildman–Crippen MR) is 56.9 cm³/mol. The van der Waals surface area contributed by atoms with Crippen LogP contribution in [0.3, 0.4) is 0 Å². The highest BCUT2D eigenvalue weighted by Crippen LogP contribution is 2.29. The molecule has 0 fully saturated rings. The molecule has 0 aromatic carbocycles. The standard InChI is InChI=1S/C12H18O2/c1-9(2)11-6-4-10(5-7-11)8-12(13)14-3/h4,11H,1,5-8H2,2-3H3. The van der Waals surface area contributed by atoms with Crippen LogP contribution in [0, 0.1) is 5.92 Å². The molecule has 1 unspecified atom stereocenters. The molecule has 1 aliphatic rings. The summed E-state index contributed by atoms with van der Waals surface area (Å²) in [4.78, 5) is 11.0. The normalized spacial score (nSPS) is 21.3. The summed E-state index contributed by atoms with van der Waals surface area (Å²) in [6.45, 7) is 6.03. The zero-order valence-corrected chi connectivity index (χ0v) is 9.01. The fourth-order valence-corrected chi connectivity index (χ4v) is 1.75. The van der Waals surface area contributed by atoms with Gasteiger partial charge >= 0.3 is 5.97 Å². The maximum Gasteiger partial charge on any atom is 0.309 e. The molecule has 0 aromatic rings. The van der Waals surface area contributed by atoms with E-state index in [4.69, 9.17) is 0 Å². The predicted octanol–water partition coefficient (Wildman–Crippen LogP) is 2.85. The summed E-state index contributed by atoms with van der Waals surface area (Å²) in [5, 5.41) is 0. The third-order valence-electron chi connectivity index (χ3n) is 2.80. The first-order valence-electron chi connectivity index (χ1n) is 5.03. The number of ether oxygens (including phenoxy) is 1. The lowest BCUT2D eigenvalue weighted by Gasteiger charge is -2.21. The van der Waals surface area contributed by atoms with Crippen molar-refractivity contribution in [2.45, 2.75) is 32.6 Å². The summed E-state index contributed by atoms with van der Waals surface area (Å²) in [7, 11) is 1.43. The minimum absolute atomic E-state index is 0.134. The van der Waals surface area contributed by atoms with Crippen molar-refractivity contribution < 1.29 is 9.53 Å². The number of methoxy groups -OCH3 is 1. The van der Waals surface area contributed by atoms with Crippen molar-refractivity contribution >= 4 is 5.97 Å². The molecule has 2 nitrogen and oxygen atoms in total. The fourth-order valence-electron chi connectivity index (χ4n) is 1.75. The Hall–Kier alpha value is -1.05. The number of carbonyl (C=O) groups is 1. The Kier molecular flexibility index (Phi) is 3.93. The quantitative estimate of drug-likeness (QED) is 0.510. The van der Waals surface area contributed by atoms with E-state index < -0.39 is 0 Å². The van der Waals surface area contributed by atoms with E-state index in [1.165, 1.54) is 18.3 Å². The Morgan fingerprint density at radius 2 is 2.43 bits per heavy atom. The molecule has 0 N–H and O–H groups in total. The average molecular weight is 194 g/mol. The molecule has 0 amide bonds. The van der Waals surface area contributed by atoms with Crippen LogP contribution < -0.4 is 0 Å². The first kappa shape index (κ1) is 11.0. The van der Waals surface area contributed by atoms with E-state index in [2.05, 4.69) is 24.3 Å². The van der Waals surface area contributed by atoms with E-state index in [0.29, 0.717) is 12.3 Å². The van der Waals surface area contributed by atoms with Gasteiger partial charge in [0.15, 0.2) is 0 Å². The SMILES string of the molecule is C=C(C)C1CC=C(CC(=O)OC)CC1. The van der Waals surface area contributed by atoms with E-state index >= 15 is 0 Å². The molecule has 1 atom stereocenters. The van der Waals surface area contributed by atoms with E-state index in [1.54, 1.807) is 0 Å². The van der Waals surface area contributed by atoms with Crippen LogP contribution in [0.5, 0.6) is 0 Å². The van der Waals surface area contributed by atoms with Gasteiger partial charge in [0.25, 0.3) is 0 Å². The van der Waals surface area contributed by atoms with Crippen molar-refractivity contribution in [1.82, 2.24) is 0 Å². The Morgan fingerprint density at radius 1 is 1.71 bits per heavy atom. The number of rotatable bonds is 3. The first-order chi connectivity index (χ1) is 6.63. The number of hydrogen-bond acceptors (Lipinski definition) is 2. The summed E-state index contributed by atoms with van der Waals surface area (Å²) in [5.41, 5.74) is 2.47. The van der Waals surface area contributed by atoms with Crippen LogP contribution in [0.4, 0.5) is 0 Å². The van der Waals surface area contributed by atoms with Crippen LogP contribution >= 0.6 is 0 Å². The molecule has 0 spiro atoms. The largest absolute Gasteiger partial charge is 0.469 e. The van der Waals surface area contributed by atoms with Gasteiger partial charge in [-0.25, -0.2) is 0 Å². The van der Waals surface area contributed by atoms with Gasteiger partial charge in [0.05, 0.1) is 13.5 Å². The number of carbonyl (C=O) groups excluding carboxylic acids is 1. The number of allylic oxidation sites excluding steroid dienone is 2. The van der Waals surface area contributed by atoms with Gasteiger partial charge in [-0.2, -0.15) is 0 Å². The summed E-state index contributed by atoms with van der Waals surface area (Å²) in [6, 6.07) is 0. The topological polar surface area (TPSA) is 26.3 Å². The highest BCUT2D eigenvalue weighted by atomic mass is 16.5. The molecular weight excluding hydrogens is 176 g/mol. The summed E-state index contributed by atoms with van der Waals surface area (Å²) < 4.78 is 4.63. The lowest BCUT2D eigenvalue weighted by atomic mass is 9.85. The lowest BCUT2D eigenvalue weighted by Crippen LogP contribution is -2.09. The molecule has 0 aromatic heterocycles. The minimum atomic E-state index is -0.134. The van der Waals surface area contributed by atoms with Crippen molar-refractivity contribution in [2.24, 2.45) is 5.92 Å². The Balaban J connectivity index is 2.45. The summed E-state index contributed by atoms with van der Waals surface area (Å²) >= 11 is 0. The minimum Gasteiger partial charge on any atom is -0.469 e. The molecule has 0 bridgehead atoms. The monoisotopic (exact) mass is 194 g/mol. The Bertz CT molecular complexity index is 263. The molecule has 0 aliphatic heterocycles. The third-order valence-corrected chi connectivity index (χ3v) is 2.80. The van der Waals surface area contributed by atoms with Crippen LogP contribution in [-0.4, -0.2) is 13.1 Å². The second kappa shape index (κ2) is 4.99. The van der Waals surface area contributed by atoms with Gasteiger partial charge in [-0.3, -0.25) is 4.79 Å². The zero-order chi connectivity index (χ0) is 10.6. The summed E-state index contributed by atoms with van der Waals surface area (Å²) in [5.74, 6) is 0.474. The van der Waals surface area contributed by atoms with Gasteiger partial charge in [0.1, 0.15) is 0 Å². The highest BCUT2D eigenvalue weighted by Gasteiger charge is 2.16. The molecule has 0 heterocycles. The van der Waals surface area contributed by atoms with Gasteiger partial charge in [0.2, 0.25) is 0 Å². The lowest BCUT2D eigenvalue weighted by molar-refractivity contribution is -0.139. The van der Waals surface area contributed by atoms with Crippen LogP contribution in [0.2, 0.25) is 0 Å². The van der Waals surface area contributed by atoms with Gasteiger partial charge in [-0.05, 0) is 32.1 Å². The first-order valence-corrected chi connectivity index (χ1v) is 5.03. The van der Waals surface area contributed by atoms with Gasteiger partial charge in [0, 0.05) is 0 Å². The maximum absolute atomic E-state index is 11.0. The molecule has 14 heavy (non-hydrogen) atoms. The van der Waals surface area contributed by atoms with Gasteiger partial charge < -0.3 is 4.74 Å². The van der Waals surface area contributed by atoms with E-state index in [0.717, 1.165) is 19.3 Å². The molecule has 1 rings (SSSR count). The smallest absolute Gasteiger partial charge is 0.309 e. The van der Waals surface area contributed by atoms with E-state index in [-0.39, 0.29) is 5.97 Å². The molecule has 1 aliphatic carbocycles. The average Bonchev–Trinajstić information content (AvgIpc) is 2.18. The molecule has 0 saturated carbocycles. The van der Waals surface area contributed by atoms with Crippen molar-refractivity contribution in [3.63, 3.8) is 0 Å². The third kappa shape index (κ3) is 3.02. The van der Waals surface area contributed by atoms with Crippen LogP contribution in [0.25, 0.3) is 0 Å². The fraction of sp³-hybridized carbons (Fsp3) is 0.583. The molecule has 2 heteroatoms. The van der Waals surface area contributed by atoms with Crippen molar-refractivity contribution in [1.29, 1.82) is 0 Å². The van der Waals surface area contributed by atoms with Crippen LogP contribution in [0.1, 0.15) is 32.6 Å². The van der Waals surface area contributed by atoms with Crippen LogP contribution in [0.15, 0.2) is 23.8 Å². The second-order valence-corrected chi connectivity index (χ2v) is 3.93. The zero-order valence-electron chi connectivity index (χ0n) is 9.01. The molecule has 0 radical (unpaired) electrons. The number of hydrogen-bond donors (Lipinski definition) is 0. The molecular formula is C12H18O2. The van der Waals surface area contributed by atoms with Crippen LogP contribution in [-0.2, 0) is 9.53 Å². The van der Waals surface area contributed by atoms with Gasteiger partial charge in [-0.15, -0.1) is 0 Å². The van der Waals surface area contributed by atoms with E-state index in [9.17, 15) is 4.79 Å². The maximum atomic E-state index is 11.0. The summed E-state index contributed by atoms with van der Waals surface area (Å²) in [6.07, 6.45) is 5.78. The Labute approximate surface area is 85.6 Å². The number of esters is 1. The van der Waals surface area contributed by atoms with Gasteiger partial charge in [-0.1, -0.05) is 23.8 Å². The van der Waals surface area contributed by atoms with Crippen molar-refractivity contribution in [3.8, 4) is 0 Å². The highest BCUT2D eigenvalue weighted by molar-refractivity contribution is 5.72. The van der Waals surface area contributed by atoms with Crippen molar-refractivity contribution in [3.05, 3.63) is 23.8 Å². The molecule has 0 saturated heterocycles.